The van der Waals surface area contributed by atoms with Gasteiger partial charge in [0, 0.05) is 45.3 Å². The highest BCUT2D eigenvalue weighted by atomic mass is 79.9. The average molecular weight is 488 g/mol. The van der Waals surface area contributed by atoms with E-state index in [0.29, 0.717) is 16.7 Å². The third-order valence-electron chi connectivity index (χ3n) is 4.67. The molecule has 0 unspecified atom stereocenters. The number of rotatable bonds is 9. The quantitative estimate of drug-likeness (QED) is 0.496. The fourth-order valence-electron chi connectivity index (χ4n) is 3.10. The molecule has 0 saturated carbocycles. The Morgan fingerprint density at radius 2 is 1.89 bits per heavy atom. The molecule has 1 heterocycles. The van der Waals surface area contributed by atoms with Crippen molar-refractivity contribution in [1.82, 2.24) is 10.2 Å². The maximum absolute atomic E-state index is 6.25. The van der Waals surface area contributed by atoms with E-state index < -0.39 is 0 Å². The summed E-state index contributed by atoms with van der Waals surface area (Å²) >= 11 is 15.8. The lowest BCUT2D eigenvalue weighted by Crippen LogP contribution is -2.37. The van der Waals surface area contributed by atoms with E-state index in [1.807, 2.05) is 24.3 Å². The number of hydrogen-bond donors (Lipinski definition) is 1. The van der Waals surface area contributed by atoms with E-state index in [4.69, 9.17) is 32.7 Å². The van der Waals surface area contributed by atoms with E-state index >= 15 is 0 Å². The van der Waals surface area contributed by atoms with E-state index in [1.54, 1.807) is 6.07 Å². The van der Waals surface area contributed by atoms with Gasteiger partial charge in [-0.3, -0.25) is 4.90 Å². The molecule has 1 saturated heterocycles. The second-order valence-corrected chi connectivity index (χ2v) is 8.52. The largest absolute Gasteiger partial charge is 0.489 e. The number of morpholine rings is 1. The van der Waals surface area contributed by atoms with Crippen LogP contribution in [-0.2, 0) is 17.9 Å². The molecule has 1 aliphatic rings. The van der Waals surface area contributed by atoms with Crippen LogP contribution in [0, 0.1) is 0 Å². The summed E-state index contributed by atoms with van der Waals surface area (Å²) in [6.45, 7) is 7.01. The number of halogens is 3. The summed E-state index contributed by atoms with van der Waals surface area (Å²) < 4.78 is 12.5. The summed E-state index contributed by atoms with van der Waals surface area (Å²) in [6, 6.07) is 11.5. The highest BCUT2D eigenvalue weighted by molar-refractivity contribution is 9.10. The fourth-order valence-corrected chi connectivity index (χ4v) is 3.97. The summed E-state index contributed by atoms with van der Waals surface area (Å²) in [5.74, 6) is 0.856. The Morgan fingerprint density at radius 1 is 1.07 bits per heavy atom. The van der Waals surface area contributed by atoms with Gasteiger partial charge in [-0.05, 0) is 49.8 Å². The molecule has 0 bridgehead atoms. The molecule has 2 aromatic rings. The van der Waals surface area contributed by atoms with Crippen LogP contribution in [-0.4, -0.2) is 44.3 Å². The van der Waals surface area contributed by atoms with Crippen molar-refractivity contribution in [1.29, 1.82) is 0 Å². The molecule has 1 fully saturated rings. The van der Waals surface area contributed by atoms with Crippen molar-refractivity contribution in [2.24, 2.45) is 0 Å². The van der Waals surface area contributed by atoms with E-state index in [1.165, 1.54) is 0 Å². The SMILES string of the molecule is Clc1ccc(COc2ccc(Br)cc2CNCCCN2CCOCC2)c(Cl)c1. The molecule has 7 heteroatoms. The molecule has 152 valence electrons. The van der Waals surface area contributed by atoms with E-state index in [2.05, 4.69) is 32.2 Å². The van der Waals surface area contributed by atoms with E-state index in [0.717, 1.165) is 73.7 Å². The van der Waals surface area contributed by atoms with Crippen LogP contribution in [0.5, 0.6) is 5.75 Å². The molecule has 2 aromatic carbocycles. The smallest absolute Gasteiger partial charge is 0.124 e. The second-order valence-electron chi connectivity index (χ2n) is 6.76. The summed E-state index contributed by atoms with van der Waals surface area (Å²) in [7, 11) is 0. The van der Waals surface area contributed by atoms with Crippen molar-refractivity contribution in [2.75, 3.05) is 39.4 Å². The first-order valence-electron chi connectivity index (χ1n) is 9.48. The van der Waals surface area contributed by atoms with Crippen LogP contribution in [0.2, 0.25) is 10.0 Å². The molecule has 0 radical (unpaired) electrons. The maximum Gasteiger partial charge on any atom is 0.124 e. The van der Waals surface area contributed by atoms with Gasteiger partial charge in [-0.15, -0.1) is 0 Å². The zero-order chi connectivity index (χ0) is 19.8. The molecule has 1 N–H and O–H groups in total. The lowest BCUT2D eigenvalue weighted by molar-refractivity contribution is 0.0374. The Bertz CT molecular complexity index is 770. The van der Waals surface area contributed by atoms with Crippen molar-refractivity contribution < 1.29 is 9.47 Å². The van der Waals surface area contributed by atoms with Gasteiger partial charge in [0.15, 0.2) is 0 Å². The Labute approximate surface area is 185 Å². The first-order valence-corrected chi connectivity index (χ1v) is 11.0. The van der Waals surface area contributed by atoms with Gasteiger partial charge in [0.2, 0.25) is 0 Å². The van der Waals surface area contributed by atoms with Gasteiger partial charge in [-0.25, -0.2) is 0 Å². The predicted molar refractivity (Wildman–Crippen MR) is 119 cm³/mol. The first kappa shape index (κ1) is 21.9. The zero-order valence-electron chi connectivity index (χ0n) is 15.7. The van der Waals surface area contributed by atoms with E-state index in [-0.39, 0.29) is 0 Å². The Hall–Kier alpha value is -0.820. The van der Waals surface area contributed by atoms with Gasteiger partial charge in [0.05, 0.1) is 13.2 Å². The van der Waals surface area contributed by atoms with Crippen LogP contribution in [0.15, 0.2) is 40.9 Å². The average Bonchev–Trinajstić information content (AvgIpc) is 2.69. The third kappa shape index (κ3) is 6.90. The molecule has 4 nitrogen and oxygen atoms in total. The zero-order valence-corrected chi connectivity index (χ0v) is 18.8. The topological polar surface area (TPSA) is 33.7 Å². The molecule has 28 heavy (non-hydrogen) atoms. The van der Waals surface area contributed by atoms with Crippen molar-refractivity contribution in [3.63, 3.8) is 0 Å². The monoisotopic (exact) mass is 486 g/mol. The van der Waals surface area contributed by atoms with Crippen LogP contribution < -0.4 is 10.1 Å². The Balaban J connectivity index is 1.49. The highest BCUT2D eigenvalue weighted by Gasteiger charge is 2.10. The van der Waals surface area contributed by atoms with Gasteiger partial charge in [0.25, 0.3) is 0 Å². The molecule has 0 aliphatic carbocycles. The van der Waals surface area contributed by atoms with Gasteiger partial charge < -0.3 is 14.8 Å². The van der Waals surface area contributed by atoms with Crippen molar-refractivity contribution in [3.05, 3.63) is 62.0 Å². The predicted octanol–water partition coefficient (Wildman–Crippen LogP) is 5.15. The Morgan fingerprint density at radius 3 is 2.68 bits per heavy atom. The molecule has 3 rings (SSSR count). The standard InChI is InChI=1S/C21H25BrCl2N2O2/c22-18-3-5-21(28-15-16-2-4-19(23)13-20(16)24)17(12-18)14-25-6-1-7-26-8-10-27-11-9-26/h2-5,12-13,25H,1,6-11,14-15H2. The van der Waals surface area contributed by atoms with Gasteiger partial charge >= 0.3 is 0 Å². The number of nitrogens with zero attached hydrogens (tertiary/aromatic N) is 1. The molecule has 1 aliphatic heterocycles. The lowest BCUT2D eigenvalue weighted by Gasteiger charge is -2.26. The second kappa shape index (κ2) is 11.4. The minimum Gasteiger partial charge on any atom is -0.489 e. The van der Waals surface area contributed by atoms with Crippen molar-refractivity contribution >= 4 is 39.1 Å². The third-order valence-corrected chi connectivity index (χ3v) is 5.75. The van der Waals surface area contributed by atoms with Gasteiger partial charge in [-0.1, -0.05) is 45.2 Å². The van der Waals surface area contributed by atoms with Crippen LogP contribution >= 0.6 is 39.1 Å². The van der Waals surface area contributed by atoms with Crippen LogP contribution in [0.4, 0.5) is 0 Å². The van der Waals surface area contributed by atoms with Crippen LogP contribution in [0.25, 0.3) is 0 Å². The molecule has 0 spiro atoms. The number of hydrogen-bond acceptors (Lipinski definition) is 4. The molecular weight excluding hydrogens is 463 g/mol. The normalized spacial score (nSPS) is 15.0. The van der Waals surface area contributed by atoms with Gasteiger partial charge in [-0.2, -0.15) is 0 Å². The van der Waals surface area contributed by atoms with Crippen molar-refractivity contribution in [2.45, 2.75) is 19.6 Å². The van der Waals surface area contributed by atoms with Gasteiger partial charge in [0.1, 0.15) is 12.4 Å². The maximum atomic E-state index is 6.25. The number of nitrogens with one attached hydrogen (secondary N) is 1. The molecule has 0 amide bonds. The lowest BCUT2D eigenvalue weighted by atomic mass is 10.2. The Kier molecular flexibility index (Phi) is 8.90. The van der Waals surface area contributed by atoms with Crippen LogP contribution in [0.3, 0.4) is 0 Å². The number of benzene rings is 2. The minimum atomic E-state index is 0.404. The summed E-state index contributed by atoms with van der Waals surface area (Å²) in [5.41, 5.74) is 2.03. The molecule has 0 atom stereocenters. The highest BCUT2D eigenvalue weighted by Crippen LogP contribution is 2.26. The summed E-state index contributed by atoms with van der Waals surface area (Å²) in [6.07, 6.45) is 1.12. The van der Waals surface area contributed by atoms with E-state index in [9.17, 15) is 0 Å². The van der Waals surface area contributed by atoms with Crippen LogP contribution in [0.1, 0.15) is 17.5 Å². The summed E-state index contributed by atoms with van der Waals surface area (Å²) in [5, 5.41) is 4.77. The molecular formula is C21H25BrCl2N2O2. The molecule has 0 aromatic heterocycles. The first-order chi connectivity index (χ1) is 13.6. The fraction of sp³-hybridized carbons (Fsp3) is 0.429. The summed E-state index contributed by atoms with van der Waals surface area (Å²) in [4.78, 5) is 2.45. The van der Waals surface area contributed by atoms with Crippen molar-refractivity contribution in [3.8, 4) is 5.75 Å². The minimum absolute atomic E-state index is 0.404. The number of ether oxygens (including phenoxy) is 2.